The molecule has 3 aliphatic heterocycles. The van der Waals surface area contributed by atoms with Crippen molar-refractivity contribution in [2.45, 2.75) is 44.2 Å². The zero-order valence-corrected chi connectivity index (χ0v) is 11.4. The lowest BCUT2D eigenvalue weighted by Gasteiger charge is -2.47. The number of hydrogen-bond donors (Lipinski definition) is 2. The van der Waals surface area contributed by atoms with Crippen LogP contribution in [0.4, 0.5) is 0 Å². The first-order valence-corrected chi connectivity index (χ1v) is 7.93. The number of carboxylic acid groups (broad SMARTS) is 1. The van der Waals surface area contributed by atoms with Crippen molar-refractivity contribution in [1.29, 1.82) is 0 Å². The van der Waals surface area contributed by atoms with E-state index >= 15 is 0 Å². The molecular weight excluding hydrogens is 240 g/mol. The van der Waals surface area contributed by atoms with Crippen LogP contribution < -0.4 is 5.32 Å². The molecule has 0 amide bonds. The number of carbonyl (C=O) groups is 1. The maximum Gasteiger partial charge on any atom is 0.308 e. The summed E-state index contributed by atoms with van der Waals surface area (Å²) in [6.45, 7) is 3.65. The fourth-order valence-corrected chi connectivity index (χ4v) is 5.29. The Labute approximate surface area is 114 Å². The Kier molecular flexibility index (Phi) is 2.85. The van der Waals surface area contributed by atoms with E-state index in [2.05, 4.69) is 10.2 Å². The smallest absolute Gasteiger partial charge is 0.308 e. The second-order valence-electron chi connectivity index (χ2n) is 7.13. The molecule has 2 N–H and O–H groups in total. The van der Waals surface area contributed by atoms with Gasteiger partial charge in [-0.15, -0.1) is 0 Å². The van der Waals surface area contributed by atoms with Gasteiger partial charge in [-0.25, -0.2) is 0 Å². The SMILES string of the molecule is O=C(O)C1C2CCC(C2)C1NC1CN2CCC1CC2. The zero-order chi connectivity index (χ0) is 13.0. The quantitative estimate of drug-likeness (QED) is 0.803. The molecule has 5 unspecified atom stereocenters. The molecule has 4 nitrogen and oxygen atoms in total. The normalized spacial score (nSPS) is 51.7. The lowest BCUT2D eigenvalue weighted by Crippen LogP contribution is -2.60. The van der Waals surface area contributed by atoms with Crippen molar-refractivity contribution in [2.24, 2.45) is 23.7 Å². The lowest BCUT2D eigenvalue weighted by molar-refractivity contribution is -0.144. The molecule has 5 atom stereocenters. The van der Waals surface area contributed by atoms with Crippen molar-refractivity contribution in [2.75, 3.05) is 19.6 Å². The predicted molar refractivity (Wildman–Crippen MR) is 71.8 cm³/mol. The molecule has 2 saturated carbocycles. The minimum absolute atomic E-state index is 0.116. The van der Waals surface area contributed by atoms with Crippen LogP contribution in [0.2, 0.25) is 0 Å². The van der Waals surface area contributed by atoms with E-state index in [4.69, 9.17) is 0 Å². The van der Waals surface area contributed by atoms with Gasteiger partial charge in [0.1, 0.15) is 0 Å². The molecule has 5 rings (SSSR count). The third kappa shape index (κ3) is 1.91. The molecule has 4 bridgehead atoms. The van der Waals surface area contributed by atoms with Gasteiger partial charge in [-0.05, 0) is 62.9 Å². The second-order valence-corrected chi connectivity index (χ2v) is 7.13. The van der Waals surface area contributed by atoms with E-state index in [0.717, 1.165) is 25.3 Å². The summed E-state index contributed by atoms with van der Waals surface area (Å²) in [6.07, 6.45) is 6.13. The van der Waals surface area contributed by atoms with Crippen molar-refractivity contribution < 1.29 is 9.90 Å². The van der Waals surface area contributed by atoms with Gasteiger partial charge in [0.2, 0.25) is 0 Å². The summed E-state index contributed by atoms with van der Waals surface area (Å²) < 4.78 is 0. The standard InChI is InChI=1S/C15H24N2O2/c18-15(19)13-10-1-2-11(7-10)14(13)16-12-8-17-5-3-9(12)4-6-17/h9-14,16H,1-8H2,(H,18,19). The maximum absolute atomic E-state index is 11.6. The van der Waals surface area contributed by atoms with Crippen molar-refractivity contribution in [1.82, 2.24) is 10.2 Å². The Bertz CT molecular complexity index is 378. The highest BCUT2D eigenvalue weighted by atomic mass is 16.4. The van der Waals surface area contributed by atoms with E-state index in [1.807, 2.05) is 0 Å². The number of fused-ring (bicyclic) bond motifs is 5. The van der Waals surface area contributed by atoms with Gasteiger partial charge in [0.05, 0.1) is 5.92 Å². The topological polar surface area (TPSA) is 52.6 Å². The van der Waals surface area contributed by atoms with Gasteiger partial charge in [0.25, 0.3) is 0 Å². The fraction of sp³-hybridized carbons (Fsp3) is 0.933. The van der Waals surface area contributed by atoms with E-state index in [-0.39, 0.29) is 12.0 Å². The Morgan fingerprint density at radius 2 is 1.79 bits per heavy atom. The zero-order valence-electron chi connectivity index (χ0n) is 11.4. The summed E-state index contributed by atoms with van der Waals surface area (Å²) >= 11 is 0. The van der Waals surface area contributed by atoms with Crippen molar-refractivity contribution in [3.8, 4) is 0 Å². The average Bonchev–Trinajstić information content (AvgIpc) is 3.00. The number of aliphatic carboxylic acids is 1. The molecule has 0 aromatic rings. The summed E-state index contributed by atoms with van der Waals surface area (Å²) in [4.78, 5) is 14.1. The molecule has 5 aliphatic rings. The van der Waals surface area contributed by atoms with Crippen LogP contribution in [0, 0.1) is 23.7 Å². The van der Waals surface area contributed by atoms with Crippen LogP contribution in [-0.2, 0) is 4.79 Å². The fourth-order valence-electron chi connectivity index (χ4n) is 5.29. The Morgan fingerprint density at radius 1 is 1.05 bits per heavy atom. The van der Waals surface area contributed by atoms with Gasteiger partial charge in [0.15, 0.2) is 0 Å². The molecular formula is C15H24N2O2. The monoisotopic (exact) mass is 264 g/mol. The van der Waals surface area contributed by atoms with Crippen LogP contribution in [0.3, 0.4) is 0 Å². The Hall–Kier alpha value is -0.610. The highest BCUT2D eigenvalue weighted by Gasteiger charge is 2.52. The van der Waals surface area contributed by atoms with Crippen LogP contribution in [0.25, 0.3) is 0 Å². The summed E-state index contributed by atoms with van der Waals surface area (Å²) in [5.74, 6) is 1.18. The molecule has 4 heteroatoms. The maximum atomic E-state index is 11.6. The lowest BCUT2D eigenvalue weighted by atomic mass is 9.80. The molecule has 0 aromatic carbocycles. The predicted octanol–water partition coefficient (Wildman–Crippen LogP) is 1.17. The van der Waals surface area contributed by atoms with Gasteiger partial charge in [0, 0.05) is 18.6 Å². The van der Waals surface area contributed by atoms with E-state index in [1.54, 1.807) is 0 Å². The van der Waals surface area contributed by atoms with Crippen LogP contribution in [0.1, 0.15) is 32.1 Å². The first-order valence-electron chi connectivity index (χ1n) is 7.93. The third-order valence-electron chi connectivity index (χ3n) is 6.26. The average molecular weight is 264 g/mol. The second kappa shape index (κ2) is 4.45. The van der Waals surface area contributed by atoms with Crippen LogP contribution in [0.15, 0.2) is 0 Å². The molecule has 0 spiro atoms. The first-order chi connectivity index (χ1) is 9.22. The number of carboxylic acids is 1. The molecule has 3 heterocycles. The van der Waals surface area contributed by atoms with Gasteiger partial charge in [-0.1, -0.05) is 0 Å². The van der Waals surface area contributed by atoms with Crippen LogP contribution >= 0.6 is 0 Å². The molecule has 106 valence electrons. The van der Waals surface area contributed by atoms with Crippen LogP contribution in [0.5, 0.6) is 0 Å². The van der Waals surface area contributed by atoms with Crippen molar-refractivity contribution >= 4 is 5.97 Å². The van der Waals surface area contributed by atoms with E-state index < -0.39 is 5.97 Å². The van der Waals surface area contributed by atoms with Gasteiger partial charge in [-0.3, -0.25) is 4.79 Å². The van der Waals surface area contributed by atoms with E-state index in [9.17, 15) is 9.90 Å². The minimum Gasteiger partial charge on any atom is -0.481 e. The summed E-state index contributed by atoms with van der Waals surface area (Å²) in [5.41, 5.74) is 0. The molecule has 5 fully saturated rings. The van der Waals surface area contributed by atoms with Crippen molar-refractivity contribution in [3.05, 3.63) is 0 Å². The third-order valence-corrected chi connectivity index (χ3v) is 6.26. The molecule has 2 aliphatic carbocycles. The molecule has 0 aromatic heterocycles. The Balaban J connectivity index is 1.48. The Morgan fingerprint density at radius 3 is 2.42 bits per heavy atom. The molecule has 19 heavy (non-hydrogen) atoms. The number of nitrogens with zero attached hydrogens (tertiary/aromatic N) is 1. The van der Waals surface area contributed by atoms with Gasteiger partial charge >= 0.3 is 5.97 Å². The van der Waals surface area contributed by atoms with Gasteiger partial charge in [-0.2, -0.15) is 0 Å². The molecule has 3 saturated heterocycles. The van der Waals surface area contributed by atoms with E-state index in [1.165, 1.54) is 32.4 Å². The first kappa shape index (κ1) is 12.2. The molecule has 0 radical (unpaired) electrons. The number of piperidine rings is 3. The number of rotatable bonds is 3. The van der Waals surface area contributed by atoms with Crippen LogP contribution in [-0.4, -0.2) is 47.7 Å². The number of nitrogens with one attached hydrogen (secondary N) is 1. The summed E-state index contributed by atoms with van der Waals surface area (Å²) in [7, 11) is 0. The summed E-state index contributed by atoms with van der Waals surface area (Å²) in [5, 5.41) is 13.3. The van der Waals surface area contributed by atoms with Crippen molar-refractivity contribution in [3.63, 3.8) is 0 Å². The highest BCUT2D eigenvalue weighted by Crippen LogP contribution is 2.49. The minimum atomic E-state index is -0.564. The largest absolute Gasteiger partial charge is 0.481 e. The summed E-state index contributed by atoms with van der Waals surface area (Å²) in [6, 6.07) is 0.801. The highest BCUT2D eigenvalue weighted by molar-refractivity contribution is 5.72. The number of hydrogen-bond acceptors (Lipinski definition) is 3. The van der Waals surface area contributed by atoms with E-state index in [0.29, 0.717) is 17.9 Å². The van der Waals surface area contributed by atoms with Gasteiger partial charge < -0.3 is 15.3 Å².